The van der Waals surface area contributed by atoms with E-state index in [1.54, 1.807) is 6.07 Å². The van der Waals surface area contributed by atoms with E-state index in [0.717, 1.165) is 48.9 Å². The predicted molar refractivity (Wildman–Crippen MR) is 88.1 cm³/mol. The molecule has 2 N–H and O–H groups in total. The smallest absolute Gasteiger partial charge is 0.268 e. The molecule has 0 spiro atoms. The number of aromatic amines is 1. The number of halogens is 1. The maximum absolute atomic E-state index is 13.4. The van der Waals surface area contributed by atoms with Crippen LogP contribution in [-0.4, -0.2) is 30.6 Å². The van der Waals surface area contributed by atoms with E-state index in [0.29, 0.717) is 24.6 Å². The number of aromatic nitrogens is 1. The van der Waals surface area contributed by atoms with Crippen molar-refractivity contribution in [3.05, 3.63) is 35.3 Å². The molecule has 5 heteroatoms. The van der Waals surface area contributed by atoms with Crippen molar-refractivity contribution in [3.8, 4) is 0 Å². The molecular formula is C18H23FN2O2. The largest absolute Gasteiger partial charge is 0.381 e. The highest BCUT2D eigenvalue weighted by molar-refractivity contribution is 6.01. The SMILES string of the molecule is CCc1c(C(=O)NCCC[C@H]2CCOC2)[nH]c2ccc(F)cc12. The number of hydrogen-bond donors (Lipinski definition) is 2. The van der Waals surface area contributed by atoms with Crippen LogP contribution < -0.4 is 5.32 Å². The third-order valence-electron chi connectivity index (χ3n) is 4.55. The molecule has 1 fully saturated rings. The van der Waals surface area contributed by atoms with Crippen molar-refractivity contribution in [2.24, 2.45) is 5.92 Å². The third-order valence-corrected chi connectivity index (χ3v) is 4.55. The number of fused-ring (bicyclic) bond motifs is 1. The number of amides is 1. The number of carbonyl (C=O) groups excluding carboxylic acids is 1. The van der Waals surface area contributed by atoms with Crippen molar-refractivity contribution in [1.29, 1.82) is 0 Å². The summed E-state index contributed by atoms with van der Waals surface area (Å²) in [5.41, 5.74) is 2.23. The van der Waals surface area contributed by atoms with Gasteiger partial charge in [0.05, 0.1) is 0 Å². The molecule has 1 aliphatic rings. The van der Waals surface area contributed by atoms with Crippen LogP contribution in [0.4, 0.5) is 4.39 Å². The topological polar surface area (TPSA) is 54.1 Å². The van der Waals surface area contributed by atoms with Gasteiger partial charge in [-0.1, -0.05) is 6.92 Å². The van der Waals surface area contributed by atoms with E-state index in [1.807, 2.05) is 6.92 Å². The molecule has 0 bridgehead atoms. The minimum Gasteiger partial charge on any atom is -0.381 e. The Hall–Kier alpha value is -1.88. The van der Waals surface area contributed by atoms with Crippen molar-refractivity contribution in [3.63, 3.8) is 0 Å². The molecular weight excluding hydrogens is 295 g/mol. The van der Waals surface area contributed by atoms with Crippen molar-refractivity contribution < 1.29 is 13.9 Å². The second-order valence-corrected chi connectivity index (χ2v) is 6.15. The Morgan fingerprint density at radius 2 is 2.35 bits per heavy atom. The summed E-state index contributed by atoms with van der Waals surface area (Å²) in [6, 6.07) is 4.58. The van der Waals surface area contributed by atoms with Crippen molar-refractivity contribution in [2.45, 2.75) is 32.6 Å². The first-order valence-corrected chi connectivity index (χ1v) is 8.35. The molecule has 1 amide bonds. The van der Waals surface area contributed by atoms with Crippen LogP contribution in [0, 0.1) is 11.7 Å². The summed E-state index contributed by atoms with van der Waals surface area (Å²) < 4.78 is 18.8. The van der Waals surface area contributed by atoms with Crippen LogP contribution in [0.5, 0.6) is 0 Å². The quantitative estimate of drug-likeness (QED) is 0.802. The van der Waals surface area contributed by atoms with Crippen LogP contribution in [0.25, 0.3) is 10.9 Å². The van der Waals surface area contributed by atoms with E-state index >= 15 is 0 Å². The van der Waals surface area contributed by atoms with Gasteiger partial charge in [-0.05, 0) is 55.4 Å². The Labute approximate surface area is 135 Å². The molecule has 0 aliphatic carbocycles. The number of benzene rings is 1. The summed E-state index contributed by atoms with van der Waals surface area (Å²) in [5.74, 6) is 0.243. The average Bonchev–Trinajstić information content (AvgIpc) is 3.18. The maximum atomic E-state index is 13.4. The molecule has 2 heterocycles. The van der Waals surface area contributed by atoms with Gasteiger partial charge in [0.15, 0.2) is 0 Å². The summed E-state index contributed by atoms with van der Waals surface area (Å²) in [6.45, 7) is 4.34. The summed E-state index contributed by atoms with van der Waals surface area (Å²) in [6.07, 6.45) is 3.85. The van der Waals surface area contributed by atoms with E-state index < -0.39 is 0 Å². The molecule has 0 saturated carbocycles. The Morgan fingerprint density at radius 3 is 3.09 bits per heavy atom. The van der Waals surface area contributed by atoms with Crippen molar-refractivity contribution in [2.75, 3.05) is 19.8 Å². The van der Waals surface area contributed by atoms with Crippen molar-refractivity contribution in [1.82, 2.24) is 10.3 Å². The first-order chi connectivity index (χ1) is 11.2. The fourth-order valence-corrected chi connectivity index (χ4v) is 3.27. The number of ether oxygens (including phenoxy) is 1. The van der Waals surface area contributed by atoms with E-state index in [4.69, 9.17) is 4.74 Å². The number of H-pyrrole nitrogens is 1. The molecule has 1 aromatic heterocycles. The minimum atomic E-state index is -0.281. The first-order valence-electron chi connectivity index (χ1n) is 8.35. The molecule has 0 unspecified atom stereocenters. The number of aryl methyl sites for hydroxylation is 1. The molecule has 124 valence electrons. The van der Waals surface area contributed by atoms with Crippen LogP contribution in [0.15, 0.2) is 18.2 Å². The molecule has 1 atom stereocenters. The van der Waals surface area contributed by atoms with Gasteiger partial charge in [0, 0.05) is 30.7 Å². The summed E-state index contributed by atoms with van der Waals surface area (Å²) in [4.78, 5) is 15.5. The highest BCUT2D eigenvalue weighted by Gasteiger charge is 2.18. The number of hydrogen-bond acceptors (Lipinski definition) is 2. The fourth-order valence-electron chi connectivity index (χ4n) is 3.27. The maximum Gasteiger partial charge on any atom is 0.268 e. The lowest BCUT2D eigenvalue weighted by Crippen LogP contribution is -2.26. The third kappa shape index (κ3) is 3.55. The van der Waals surface area contributed by atoms with Gasteiger partial charge in [-0.2, -0.15) is 0 Å². The van der Waals surface area contributed by atoms with Gasteiger partial charge < -0.3 is 15.0 Å². The molecule has 3 rings (SSSR count). The number of nitrogens with one attached hydrogen (secondary N) is 2. The summed E-state index contributed by atoms with van der Waals surface area (Å²) in [5, 5.41) is 3.76. The Bertz CT molecular complexity index is 690. The Balaban J connectivity index is 1.63. The van der Waals surface area contributed by atoms with E-state index in [1.165, 1.54) is 12.1 Å². The standard InChI is InChI=1S/C18H23FN2O2/c1-2-14-15-10-13(19)5-6-16(15)21-17(14)18(22)20-8-3-4-12-7-9-23-11-12/h5-6,10,12,21H,2-4,7-9,11H2,1H3,(H,20,22)/t12-/m0/s1. The molecule has 1 saturated heterocycles. The minimum absolute atomic E-state index is 0.110. The van der Waals surface area contributed by atoms with Crippen molar-refractivity contribution >= 4 is 16.8 Å². The van der Waals surface area contributed by atoms with Crippen LogP contribution in [-0.2, 0) is 11.2 Å². The van der Waals surface area contributed by atoms with E-state index in [9.17, 15) is 9.18 Å². The Morgan fingerprint density at radius 1 is 1.48 bits per heavy atom. The zero-order valence-electron chi connectivity index (χ0n) is 13.5. The zero-order chi connectivity index (χ0) is 16.2. The molecule has 1 aromatic carbocycles. The summed E-state index contributed by atoms with van der Waals surface area (Å²) in [7, 11) is 0. The highest BCUT2D eigenvalue weighted by atomic mass is 19.1. The van der Waals surface area contributed by atoms with Gasteiger partial charge in [-0.3, -0.25) is 4.79 Å². The Kier molecular flexibility index (Phi) is 4.96. The fraction of sp³-hybridized carbons (Fsp3) is 0.500. The predicted octanol–water partition coefficient (Wildman–Crippen LogP) is 3.42. The average molecular weight is 318 g/mol. The summed E-state index contributed by atoms with van der Waals surface area (Å²) >= 11 is 0. The second-order valence-electron chi connectivity index (χ2n) is 6.15. The van der Waals surface area contributed by atoms with Gasteiger partial charge >= 0.3 is 0 Å². The van der Waals surface area contributed by atoms with Gasteiger partial charge in [0.2, 0.25) is 0 Å². The number of carbonyl (C=O) groups is 1. The van der Waals surface area contributed by atoms with Gasteiger partial charge in [-0.15, -0.1) is 0 Å². The van der Waals surface area contributed by atoms with E-state index in [2.05, 4.69) is 10.3 Å². The number of rotatable bonds is 6. The van der Waals surface area contributed by atoms with Gasteiger partial charge in [0.25, 0.3) is 5.91 Å². The molecule has 1 aliphatic heterocycles. The van der Waals surface area contributed by atoms with Crippen LogP contribution in [0.2, 0.25) is 0 Å². The van der Waals surface area contributed by atoms with Gasteiger partial charge in [-0.25, -0.2) is 4.39 Å². The van der Waals surface area contributed by atoms with Gasteiger partial charge in [0.1, 0.15) is 11.5 Å². The first kappa shape index (κ1) is 16.0. The van der Waals surface area contributed by atoms with Crippen LogP contribution >= 0.6 is 0 Å². The van der Waals surface area contributed by atoms with Crippen LogP contribution in [0.3, 0.4) is 0 Å². The lowest BCUT2D eigenvalue weighted by molar-refractivity contribution is 0.0947. The molecule has 4 nitrogen and oxygen atoms in total. The van der Waals surface area contributed by atoms with E-state index in [-0.39, 0.29) is 11.7 Å². The zero-order valence-corrected chi connectivity index (χ0v) is 13.5. The molecule has 23 heavy (non-hydrogen) atoms. The normalized spacial score (nSPS) is 17.7. The lowest BCUT2D eigenvalue weighted by atomic mass is 10.0. The molecule has 0 radical (unpaired) electrons. The lowest BCUT2D eigenvalue weighted by Gasteiger charge is -2.08. The monoisotopic (exact) mass is 318 g/mol. The molecule has 2 aromatic rings. The highest BCUT2D eigenvalue weighted by Crippen LogP contribution is 2.24. The van der Waals surface area contributed by atoms with Crippen LogP contribution in [0.1, 0.15) is 42.2 Å². The second kappa shape index (κ2) is 7.13.